The Morgan fingerprint density at radius 2 is 1.83 bits per heavy atom. The van der Waals surface area contributed by atoms with E-state index in [9.17, 15) is 12.8 Å². The Morgan fingerprint density at radius 3 is 2.39 bits per heavy atom. The van der Waals surface area contributed by atoms with Gasteiger partial charge in [0.2, 0.25) is 0 Å². The molecule has 23 heavy (non-hydrogen) atoms. The maximum Gasteiger partial charge on any atom is 0.301 e. The summed E-state index contributed by atoms with van der Waals surface area (Å²) in [4.78, 5) is 4.15. The summed E-state index contributed by atoms with van der Waals surface area (Å²) in [5.74, 6) is 0.388. The van der Waals surface area contributed by atoms with Crippen molar-refractivity contribution in [3.05, 3.63) is 54.0 Å². The zero-order valence-electron chi connectivity index (χ0n) is 13.0. The van der Waals surface area contributed by atoms with Crippen LogP contribution in [0.25, 0.3) is 0 Å². The van der Waals surface area contributed by atoms with Gasteiger partial charge in [-0.05, 0) is 36.2 Å². The average molecular weight is 338 g/mol. The molecule has 0 saturated carbocycles. The lowest BCUT2D eigenvalue weighted by Crippen LogP contribution is -2.28. The minimum Gasteiger partial charge on any atom is -0.370 e. The molecule has 0 spiro atoms. The molecule has 2 aromatic rings. The van der Waals surface area contributed by atoms with Crippen molar-refractivity contribution in [2.24, 2.45) is 0 Å². The number of anilines is 2. The van der Waals surface area contributed by atoms with E-state index in [0.717, 1.165) is 16.3 Å². The van der Waals surface area contributed by atoms with Gasteiger partial charge in [-0.3, -0.25) is 4.72 Å². The van der Waals surface area contributed by atoms with Crippen molar-refractivity contribution in [2.45, 2.75) is 6.42 Å². The lowest BCUT2D eigenvalue weighted by Gasteiger charge is -2.13. The zero-order valence-corrected chi connectivity index (χ0v) is 13.8. The number of aromatic nitrogens is 1. The van der Waals surface area contributed by atoms with Crippen LogP contribution in [-0.2, 0) is 16.6 Å². The van der Waals surface area contributed by atoms with E-state index in [-0.39, 0.29) is 5.82 Å². The largest absolute Gasteiger partial charge is 0.370 e. The second-order valence-electron chi connectivity index (χ2n) is 5.12. The summed E-state index contributed by atoms with van der Waals surface area (Å²) in [5, 5.41) is 3.13. The highest BCUT2D eigenvalue weighted by molar-refractivity contribution is 7.90. The second-order valence-corrected chi connectivity index (χ2v) is 7.01. The number of hydrogen-bond acceptors (Lipinski definition) is 4. The van der Waals surface area contributed by atoms with Crippen LogP contribution in [0.5, 0.6) is 0 Å². The molecule has 0 unspecified atom stereocenters. The SMILES string of the molecule is CN(C)S(=O)(=O)Nc1ccc(NCCc2ccc(F)cc2)nc1. The summed E-state index contributed by atoms with van der Waals surface area (Å²) >= 11 is 0. The first-order valence-electron chi connectivity index (χ1n) is 7.01. The van der Waals surface area contributed by atoms with Crippen molar-refractivity contribution in [1.82, 2.24) is 9.29 Å². The van der Waals surface area contributed by atoms with E-state index in [1.54, 1.807) is 24.3 Å². The third kappa shape index (κ3) is 5.19. The van der Waals surface area contributed by atoms with Gasteiger partial charge in [0.05, 0.1) is 11.9 Å². The Bertz CT molecular complexity index is 731. The van der Waals surface area contributed by atoms with Gasteiger partial charge in [0.1, 0.15) is 11.6 Å². The van der Waals surface area contributed by atoms with Gasteiger partial charge in [0, 0.05) is 20.6 Å². The number of benzene rings is 1. The van der Waals surface area contributed by atoms with Crippen LogP contribution < -0.4 is 10.0 Å². The van der Waals surface area contributed by atoms with E-state index < -0.39 is 10.2 Å². The number of halogens is 1. The molecule has 8 heteroatoms. The van der Waals surface area contributed by atoms with Gasteiger partial charge in [-0.25, -0.2) is 9.37 Å². The predicted molar refractivity (Wildman–Crippen MR) is 89.1 cm³/mol. The van der Waals surface area contributed by atoms with Crippen LogP contribution in [0.4, 0.5) is 15.9 Å². The van der Waals surface area contributed by atoms with Crippen molar-refractivity contribution >= 4 is 21.7 Å². The fraction of sp³-hybridized carbons (Fsp3) is 0.267. The van der Waals surface area contributed by atoms with Crippen molar-refractivity contribution in [3.8, 4) is 0 Å². The molecule has 1 aromatic carbocycles. The molecule has 0 fully saturated rings. The molecule has 0 radical (unpaired) electrons. The molecule has 0 atom stereocenters. The second kappa shape index (κ2) is 7.38. The van der Waals surface area contributed by atoms with Crippen LogP contribution >= 0.6 is 0 Å². The molecule has 0 amide bonds. The van der Waals surface area contributed by atoms with E-state index in [1.165, 1.54) is 32.4 Å². The summed E-state index contributed by atoms with van der Waals surface area (Å²) < 4.78 is 39.7. The van der Waals surface area contributed by atoms with Gasteiger partial charge >= 0.3 is 10.2 Å². The van der Waals surface area contributed by atoms with Crippen molar-refractivity contribution in [1.29, 1.82) is 0 Å². The number of nitrogens with one attached hydrogen (secondary N) is 2. The average Bonchev–Trinajstić information content (AvgIpc) is 2.50. The lowest BCUT2D eigenvalue weighted by atomic mass is 10.1. The van der Waals surface area contributed by atoms with E-state index in [1.807, 2.05) is 0 Å². The fourth-order valence-corrected chi connectivity index (χ4v) is 2.39. The normalized spacial score (nSPS) is 11.5. The molecule has 0 aliphatic rings. The zero-order chi connectivity index (χ0) is 16.9. The fourth-order valence-electron chi connectivity index (χ4n) is 1.79. The molecule has 0 aliphatic carbocycles. The van der Waals surface area contributed by atoms with Crippen LogP contribution in [0.1, 0.15) is 5.56 Å². The molecule has 1 aromatic heterocycles. The van der Waals surface area contributed by atoms with Gasteiger partial charge in [0.15, 0.2) is 0 Å². The molecule has 0 bridgehead atoms. The van der Waals surface area contributed by atoms with E-state index in [2.05, 4.69) is 15.0 Å². The topological polar surface area (TPSA) is 74.3 Å². The van der Waals surface area contributed by atoms with Gasteiger partial charge < -0.3 is 5.32 Å². The Morgan fingerprint density at radius 1 is 1.13 bits per heavy atom. The first-order chi connectivity index (χ1) is 10.9. The highest BCUT2D eigenvalue weighted by Crippen LogP contribution is 2.12. The number of pyridine rings is 1. The highest BCUT2D eigenvalue weighted by Gasteiger charge is 2.12. The van der Waals surface area contributed by atoms with Gasteiger partial charge in [-0.15, -0.1) is 0 Å². The minimum absolute atomic E-state index is 0.251. The van der Waals surface area contributed by atoms with Crippen molar-refractivity contribution < 1.29 is 12.8 Å². The number of hydrogen-bond donors (Lipinski definition) is 2. The van der Waals surface area contributed by atoms with Crippen molar-refractivity contribution in [3.63, 3.8) is 0 Å². The van der Waals surface area contributed by atoms with E-state index in [0.29, 0.717) is 18.1 Å². The smallest absolute Gasteiger partial charge is 0.301 e. The lowest BCUT2D eigenvalue weighted by molar-refractivity contribution is 0.527. The van der Waals surface area contributed by atoms with Crippen LogP contribution in [0.2, 0.25) is 0 Å². The Kier molecular flexibility index (Phi) is 5.51. The Labute approximate surface area is 135 Å². The molecular weight excluding hydrogens is 319 g/mol. The van der Waals surface area contributed by atoms with Gasteiger partial charge in [-0.2, -0.15) is 12.7 Å². The molecule has 1 heterocycles. The van der Waals surface area contributed by atoms with Gasteiger partial charge in [-0.1, -0.05) is 12.1 Å². The van der Waals surface area contributed by atoms with Gasteiger partial charge in [0.25, 0.3) is 0 Å². The molecule has 2 rings (SSSR count). The predicted octanol–water partition coefficient (Wildman–Crippen LogP) is 2.09. The van der Waals surface area contributed by atoms with Crippen LogP contribution in [0, 0.1) is 5.82 Å². The minimum atomic E-state index is -3.53. The summed E-state index contributed by atoms with van der Waals surface area (Å²) in [6, 6.07) is 9.66. The molecule has 6 nitrogen and oxygen atoms in total. The van der Waals surface area contributed by atoms with Crippen LogP contribution in [0.15, 0.2) is 42.6 Å². The monoisotopic (exact) mass is 338 g/mol. The molecule has 0 aliphatic heterocycles. The summed E-state index contributed by atoms with van der Waals surface area (Å²) in [6.45, 7) is 0.640. The Balaban J connectivity index is 1.86. The highest BCUT2D eigenvalue weighted by atomic mass is 32.2. The van der Waals surface area contributed by atoms with Crippen LogP contribution in [-0.4, -0.2) is 38.3 Å². The van der Waals surface area contributed by atoms with Crippen molar-refractivity contribution in [2.75, 3.05) is 30.7 Å². The van der Waals surface area contributed by atoms with E-state index >= 15 is 0 Å². The number of rotatable bonds is 7. The first kappa shape index (κ1) is 17.2. The Hall–Kier alpha value is -2.19. The first-order valence-corrected chi connectivity index (χ1v) is 8.45. The number of nitrogens with zero attached hydrogens (tertiary/aromatic N) is 2. The quantitative estimate of drug-likeness (QED) is 0.811. The third-order valence-corrected chi connectivity index (χ3v) is 4.58. The summed E-state index contributed by atoms with van der Waals surface area (Å²) in [7, 11) is -0.637. The summed E-state index contributed by atoms with van der Waals surface area (Å²) in [5.41, 5.74) is 1.41. The maximum absolute atomic E-state index is 12.8. The molecule has 124 valence electrons. The standard InChI is InChI=1S/C15H19FN4O2S/c1-20(2)23(21,22)19-14-7-8-15(18-11-14)17-10-9-12-3-5-13(16)6-4-12/h3-8,11,19H,9-10H2,1-2H3,(H,17,18). The maximum atomic E-state index is 12.8. The van der Waals surface area contributed by atoms with E-state index in [4.69, 9.17) is 0 Å². The van der Waals surface area contributed by atoms with Crippen LogP contribution in [0.3, 0.4) is 0 Å². The summed E-state index contributed by atoms with van der Waals surface area (Å²) in [6.07, 6.45) is 2.18. The molecule has 0 saturated heterocycles. The molecular formula is C15H19FN4O2S. The third-order valence-electron chi connectivity index (χ3n) is 3.12. The molecule has 2 N–H and O–H groups in total.